The summed E-state index contributed by atoms with van der Waals surface area (Å²) in [5.41, 5.74) is 0.420. The summed E-state index contributed by atoms with van der Waals surface area (Å²) in [6, 6.07) is 9.28. The first-order valence-corrected chi connectivity index (χ1v) is 18.3. The summed E-state index contributed by atoms with van der Waals surface area (Å²) in [4.78, 5) is 60.7. The molecule has 6 rings (SSSR count). The van der Waals surface area contributed by atoms with Crippen molar-refractivity contribution < 1.29 is 47.3 Å². The number of carbonyl (C=O) groups excluding carboxylic acids is 3. The highest BCUT2D eigenvalue weighted by Crippen LogP contribution is 2.40. The molecule has 4 heterocycles. The lowest BCUT2D eigenvalue weighted by Crippen LogP contribution is -2.55. The highest BCUT2D eigenvalue weighted by atomic mass is 35.5. The number of hydrogen-bond donors (Lipinski definition) is 3. The topological polar surface area (TPSA) is 146 Å². The molecule has 0 radical (unpaired) electrons. The van der Waals surface area contributed by atoms with Gasteiger partial charge < -0.3 is 35.0 Å². The van der Waals surface area contributed by atoms with Crippen molar-refractivity contribution in [2.24, 2.45) is 0 Å². The number of nitrogens with one attached hydrogen (secondary N) is 1. The van der Waals surface area contributed by atoms with Gasteiger partial charge in [-0.2, -0.15) is 13.2 Å². The summed E-state index contributed by atoms with van der Waals surface area (Å²) in [7, 11) is 0. The highest BCUT2D eigenvalue weighted by molar-refractivity contribution is 6.32. The summed E-state index contributed by atoms with van der Waals surface area (Å²) < 4.78 is 47.1. The number of phenols is 1. The number of urea groups is 1. The quantitative estimate of drug-likeness (QED) is 0.357. The number of hydrogen-bond acceptors (Lipinski definition) is 8. The largest absolute Gasteiger partial charge is 0.506 e. The average molecular weight is 765 g/mol. The van der Waals surface area contributed by atoms with Crippen LogP contribution in [0.3, 0.4) is 0 Å². The molecule has 4 aliphatic heterocycles. The van der Waals surface area contributed by atoms with Crippen LogP contribution in [-0.4, -0.2) is 142 Å². The molecule has 0 spiro atoms. The molecule has 3 saturated heterocycles. The van der Waals surface area contributed by atoms with Crippen LogP contribution >= 0.6 is 11.6 Å². The number of likely N-dealkylation sites (tertiary alicyclic amines) is 2. The zero-order chi connectivity index (χ0) is 37.9. The zero-order valence-electron chi connectivity index (χ0n) is 29.2. The fraction of sp³-hybridized carbons (Fsp3) is 0.556. The molecule has 53 heavy (non-hydrogen) atoms. The molecule has 0 saturated carbocycles. The van der Waals surface area contributed by atoms with E-state index in [1.54, 1.807) is 9.80 Å². The summed E-state index contributed by atoms with van der Waals surface area (Å²) in [6.45, 7) is 4.30. The van der Waals surface area contributed by atoms with Crippen LogP contribution in [0.5, 0.6) is 5.75 Å². The van der Waals surface area contributed by atoms with Crippen molar-refractivity contribution in [2.45, 2.75) is 62.9 Å². The second-order valence-electron chi connectivity index (χ2n) is 14.1. The van der Waals surface area contributed by atoms with Crippen molar-refractivity contribution in [1.29, 1.82) is 0 Å². The van der Waals surface area contributed by atoms with Gasteiger partial charge in [0.05, 0.1) is 17.1 Å². The highest BCUT2D eigenvalue weighted by Gasteiger charge is 2.39. The number of carboxylic acid groups (broad SMARTS) is 1. The number of nitrogens with zero attached hydrogens (tertiary/aromatic N) is 5. The molecule has 4 aliphatic rings. The third-order valence-corrected chi connectivity index (χ3v) is 11.0. The Morgan fingerprint density at radius 3 is 2.21 bits per heavy atom. The number of para-hydroxylation sites is 1. The van der Waals surface area contributed by atoms with Gasteiger partial charge in [-0.25, -0.2) is 9.59 Å². The number of benzene rings is 2. The lowest BCUT2D eigenvalue weighted by Gasteiger charge is -2.43. The molecule has 0 aromatic heterocycles. The number of aliphatic carboxylic acids is 1. The number of rotatable bonds is 8. The zero-order valence-corrected chi connectivity index (χ0v) is 29.9. The van der Waals surface area contributed by atoms with Gasteiger partial charge in [0.25, 0.3) is 5.91 Å². The third-order valence-electron chi connectivity index (χ3n) is 10.7. The predicted octanol–water partition coefficient (Wildman–Crippen LogP) is 4.36. The maximum Gasteiger partial charge on any atom is 0.420 e. The number of alkyl halides is 3. The number of carboxylic acids is 1. The second-order valence-corrected chi connectivity index (χ2v) is 14.5. The minimum absolute atomic E-state index is 0.0134. The van der Waals surface area contributed by atoms with Crippen LogP contribution in [0.15, 0.2) is 36.4 Å². The maximum absolute atomic E-state index is 14.0. The smallest absolute Gasteiger partial charge is 0.420 e. The molecule has 4 amide bonds. The Morgan fingerprint density at radius 2 is 1.55 bits per heavy atom. The summed E-state index contributed by atoms with van der Waals surface area (Å²) in [5, 5.41) is 21.5. The van der Waals surface area contributed by atoms with Crippen LogP contribution < -0.4 is 5.32 Å². The first-order chi connectivity index (χ1) is 25.3. The predicted molar refractivity (Wildman–Crippen MR) is 188 cm³/mol. The standard InChI is InChI=1S/C36H44ClF3N6O7/c37-28-20-23(19-27(32(28)49)36(38,39)40)21-30(33(50)44-10-6-25(7-11-44)43-17-15-42(16-18-43)22-31(47)48)53-35(52)45-12-8-26(9-13-45)46-14-5-24-3-1-2-4-29(24)41-34(46)51/h1-4,19-20,25-26,30,49H,5-18,21-22H2,(H,41,51)(H,47,48)/t30-/m1/s1. The number of halogens is 4. The second kappa shape index (κ2) is 16.4. The molecule has 3 fully saturated rings. The van der Waals surface area contributed by atoms with Crippen molar-refractivity contribution in [3.05, 3.63) is 58.1 Å². The Hall–Kier alpha value is -4.28. The van der Waals surface area contributed by atoms with Crippen LogP contribution in [0.4, 0.5) is 28.4 Å². The number of fused-ring (bicyclic) bond motifs is 1. The van der Waals surface area contributed by atoms with Crippen LogP contribution in [0.1, 0.15) is 42.4 Å². The average Bonchev–Trinajstić information content (AvgIpc) is 3.30. The van der Waals surface area contributed by atoms with E-state index >= 15 is 0 Å². The van der Waals surface area contributed by atoms with Gasteiger partial charge in [0.2, 0.25) is 0 Å². The Morgan fingerprint density at radius 1 is 0.906 bits per heavy atom. The lowest BCUT2D eigenvalue weighted by molar-refractivity contribution is -0.142. The number of ether oxygens (including phenoxy) is 1. The van der Waals surface area contributed by atoms with Crippen molar-refractivity contribution in [3.8, 4) is 5.75 Å². The van der Waals surface area contributed by atoms with E-state index < -0.39 is 53.0 Å². The van der Waals surface area contributed by atoms with Gasteiger partial charge >= 0.3 is 24.3 Å². The number of amides is 4. The minimum atomic E-state index is -4.92. The van der Waals surface area contributed by atoms with Gasteiger partial charge in [0.15, 0.2) is 6.10 Å². The number of piperazine rings is 1. The number of piperidine rings is 2. The molecular formula is C36H44ClF3N6O7. The van der Waals surface area contributed by atoms with E-state index in [0.29, 0.717) is 84.0 Å². The summed E-state index contributed by atoms with van der Waals surface area (Å²) >= 11 is 5.98. The van der Waals surface area contributed by atoms with E-state index in [4.69, 9.17) is 21.4 Å². The van der Waals surface area contributed by atoms with E-state index in [1.807, 2.05) is 29.2 Å². The normalized spacial score (nSPS) is 20.4. The molecular weight excluding hydrogens is 721 g/mol. The number of anilines is 1. The van der Waals surface area contributed by atoms with Gasteiger partial charge in [-0.05, 0) is 61.4 Å². The van der Waals surface area contributed by atoms with Gasteiger partial charge in [0.1, 0.15) is 5.75 Å². The number of aromatic hydroxyl groups is 1. The van der Waals surface area contributed by atoms with Gasteiger partial charge in [-0.15, -0.1) is 0 Å². The van der Waals surface area contributed by atoms with E-state index in [-0.39, 0.29) is 43.3 Å². The first-order valence-electron chi connectivity index (χ1n) is 17.9. The lowest BCUT2D eigenvalue weighted by atomic mass is 9.99. The first kappa shape index (κ1) is 38.4. The molecule has 1 atom stereocenters. The maximum atomic E-state index is 14.0. The summed E-state index contributed by atoms with van der Waals surface area (Å²) in [5.74, 6) is -2.54. The van der Waals surface area contributed by atoms with Gasteiger partial charge in [-0.3, -0.25) is 19.4 Å². The Labute approximate surface area is 310 Å². The molecule has 17 heteroatoms. The molecule has 0 aliphatic carbocycles. The fourth-order valence-electron chi connectivity index (χ4n) is 7.81. The van der Waals surface area contributed by atoms with Crippen LogP contribution in [-0.2, 0) is 33.3 Å². The van der Waals surface area contributed by atoms with Crippen LogP contribution in [0, 0.1) is 0 Å². The van der Waals surface area contributed by atoms with Crippen molar-refractivity contribution in [2.75, 3.05) is 70.8 Å². The Kier molecular flexibility index (Phi) is 11.9. The van der Waals surface area contributed by atoms with Crippen molar-refractivity contribution in [3.63, 3.8) is 0 Å². The van der Waals surface area contributed by atoms with Crippen LogP contribution in [0.25, 0.3) is 0 Å². The van der Waals surface area contributed by atoms with E-state index in [1.165, 1.54) is 4.90 Å². The Balaban J connectivity index is 1.10. The van der Waals surface area contributed by atoms with E-state index in [2.05, 4.69) is 10.2 Å². The fourth-order valence-corrected chi connectivity index (χ4v) is 8.05. The molecule has 3 N–H and O–H groups in total. The summed E-state index contributed by atoms with van der Waals surface area (Å²) in [6.07, 6.45) is -4.70. The van der Waals surface area contributed by atoms with E-state index in [9.17, 15) is 37.5 Å². The van der Waals surface area contributed by atoms with Gasteiger partial charge in [0, 0.05) is 83.1 Å². The minimum Gasteiger partial charge on any atom is -0.506 e. The number of phenolic OH excluding ortho intramolecular Hbond substituents is 1. The molecule has 13 nitrogen and oxygen atoms in total. The van der Waals surface area contributed by atoms with Crippen molar-refractivity contribution in [1.82, 2.24) is 24.5 Å². The molecule has 2 aromatic rings. The molecule has 288 valence electrons. The van der Waals surface area contributed by atoms with E-state index in [0.717, 1.165) is 17.3 Å². The molecule has 0 bridgehead atoms. The monoisotopic (exact) mass is 764 g/mol. The number of carbonyl (C=O) groups is 4. The molecule has 0 unspecified atom stereocenters. The third kappa shape index (κ3) is 9.27. The Bertz CT molecular complexity index is 1680. The van der Waals surface area contributed by atoms with Gasteiger partial charge in [-0.1, -0.05) is 29.8 Å². The van der Waals surface area contributed by atoms with Crippen molar-refractivity contribution >= 4 is 41.3 Å². The molecule has 2 aromatic carbocycles. The SMILES string of the molecule is O=C(O)CN1CCN(C2CCN(C(=O)[C@@H](Cc3cc(Cl)c(O)c(C(F)(F)F)c3)OC(=O)N3CCC(N4CCc5ccccc5NC4=O)CC3)CC2)CC1. The van der Waals surface area contributed by atoms with Crippen LogP contribution in [0.2, 0.25) is 5.02 Å².